The van der Waals surface area contributed by atoms with Crippen molar-refractivity contribution in [3.63, 3.8) is 0 Å². The summed E-state index contributed by atoms with van der Waals surface area (Å²) in [7, 11) is 4.05. The van der Waals surface area contributed by atoms with E-state index in [-0.39, 0.29) is 11.8 Å². The largest absolute Gasteiger partial charge is 0.508 e. The molecule has 1 unspecified atom stereocenters. The number of guanidine groups is 1. The highest BCUT2D eigenvalue weighted by molar-refractivity contribution is 5.80. The van der Waals surface area contributed by atoms with Crippen molar-refractivity contribution in [2.75, 3.05) is 27.2 Å². The average Bonchev–Trinajstić information content (AvgIpc) is 2.67. The zero-order valence-electron chi connectivity index (χ0n) is 15.9. The minimum Gasteiger partial charge on any atom is -0.508 e. The number of likely N-dealkylation sites (N-methyl/N-ethyl adjacent to an activating group) is 1. The number of hydrogen-bond acceptors (Lipinski definition) is 4. The first kappa shape index (κ1) is 20.3. The molecule has 2 aromatic carbocycles. The van der Waals surface area contributed by atoms with E-state index in [4.69, 9.17) is 5.26 Å². The summed E-state index contributed by atoms with van der Waals surface area (Å²) in [4.78, 5) is 5.99. The highest BCUT2D eigenvalue weighted by Crippen LogP contribution is 2.12. The maximum absolute atomic E-state index is 9.42. The minimum atomic E-state index is 0.217. The van der Waals surface area contributed by atoms with Crippen molar-refractivity contribution >= 4 is 5.96 Å². The van der Waals surface area contributed by atoms with Crippen LogP contribution in [-0.4, -0.2) is 49.2 Å². The fourth-order valence-electron chi connectivity index (χ4n) is 2.72. The van der Waals surface area contributed by atoms with E-state index in [1.54, 1.807) is 12.1 Å². The summed E-state index contributed by atoms with van der Waals surface area (Å²) in [6, 6.07) is 17.7. The molecule has 3 N–H and O–H groups in total. The highest BCUT2D eigenvalue weighted by Gasteiger charge is 2.13. The molecule has 27 heavy (non-hydrogen) atoms. The molecule has 2 aromatic rings. The Bertz CT molecular complexity index is 750. The molecule has 0 bridgehead atoms. The van der Waals surface area contributed by atoms with Gasteiger partial charge in [0, 0.05) is 19.1 Å². The number of phenols is 1. The summed E-state index contributed by atoms with van der Waals surface area (Å²) >= 11 is 0. The number of phenolic OH excluding ortho intramolecular Hbond substituents is 1. The second-order valence-corrected chi connectivity index (χ2v) is 6.59. The number of aliphatic imine (C=N–C) groups is 1. The number of nitrogens with one attached hydrogen (secondary N) is 2. The maximum Gasteiger partial charge on any atom is 0.209 e. The Morgan fingerprint density at radius 3 is 2.41 bits per heavy atom. The fraction of sp³-hybridized carbons (Fsp3) is 0.333. The lowest BCUT2D eigenvalue weighted by Gasteiger charge is -2.25. The summed E-state index contributed by atoms with van der Waals surface area (Å²) in [5.74, 6) is 0.760. The van der Waals surface area contributed by atoms with Gasteiger partial charge in [-0.15, -0.1) is 4.99 Å². The summed E-state index contributed by atoms with van der Waals surface area (Å²) in [6.45, 7) is 1.34. The lowest BCUT2D eigenvalue weighted by Crippen LogP contribution is -2.46. The number of nitriles is 1. The molecule has 0 radical (unpaired) electrons. The van der Waals surface area contributed by atoms with E-state index in [2.05, 4.69) is 32.7 Å². The van der Waals surface area contributed by atoms with Gasteiger partial charge in [-0.1, -0.05) is 42.5 Å². The molecule has 142 valence electrons. The molecule has 2 rings (SSSR count). The molecular weight excluding hydrogens is 338 g/mol. The molecule has 6 nitrogen and oxygen atoms in total. The minimum absolute atomic E-state index is 0.217. The molecule has 6 heteroatoms. The molecule has 0 amide bonds. The molecule has 0 spiro atoms. The third-order valence-electron chi connectivity index (χ3n) is 4.35. The number of nitrogens with zero attached hydrogens (tertiary/aromatic N) is 3. The van der Waals surface area contributed by atoms with Crippen molar-refractivity contribution in [1.29, 1.82) is 5.26 Å². The molecular formula is C21H27N5O. The lowest BCUT2D eigenvalue weighted by molar-refractivity contribution is 0.290. The summed E-state index contributed by atoms with van der Waals surface area (Å²) < 4.78 is 0. The zero-order valence-corrected chi connectivity index (χ0v) is 15.9. The number of hydrogen-bond donors (Lipinski definition) is 3. The third-order valence-corrected chi connectivity index (χ3v) is 4.35. The molecule has 0 saturated carbocycles. The van der Waals surface area contributed by atoms with Gasteiger partial charge >= 0.3 is 0 Å². The molecule has 0 fully saturated rings. The van der Waals surface area contributed by atoms with Crippen LogP contribution in [0.15, 0.2) is 59.6 Å². The van der Waals surface area contributed by atoms with Crippen LogP contribution in [0.5, 0.6) is 5.75 Å². The Balaban J connectivity index is 1.87. The number of benzene rings is 2. The predicted octanol–water partition coefficient (Wildman–Crippen LogP) is 2.12. The summed E-state index contributed by atoms with van der Waals surface area (Å²) in [5.41, 5.74) is 2.38. The molecule has 0 aliphatic heterocycles. The van der Waals surface area contributed by atoms with Crippen LogP contribution in [0.4, 0.5) is 0 Å². The topological polar surface area (TPSA) is 83.7 Å². The first-order valence-electron chi connectivity index (χ1n) is 9.01. The Kier molecular flexibility index (Phi) is 8.14. The van der Waals surface area contributed by atoms with E-state index in [0.717, 1.165) is 18.4 Å². The van der Waals surface area contributed by atoms with E-state index < -0.39 is 0 Å². The van der Waals surface area contributed by atoms with Crippen LogP contribution in [-0.2, 0) is 12.8 Å². The van der Waals surface area contributed by atoms with Gasteiger partial charge in [-0.3, -0.25) is 0 Å². The number of aromatic hydroxyl groups is 1. The van der Waals surface area contributed by atoms with Crippen molar-refractivity contribution in [2.45, 2.75) is 18.9 Å². The third kappa shape index (κ3) is 7.38. The van der Waals surface area contributed by atoms with Crippen molar-refractivity contribution in [3.8, 4) is 11.9 Å². The Morgan fingerprint density at radius 1 is 1.07 bits per heavy atom. The van der Waals surface area contributed by atoms with Crippen LogP contribution in [0.2, 0.25) is 0 Å². The van der Waals surface area contributed by atoms with Crippen molar-refractivity contribution in [2.24, 2.45) is 4.99 Å². The molecule has 1 atom stereocenters. The smallest absolute Gasteiger partial charge is 0.209 e. The van der Waals surface area contributed by atoms with E-state index in [9.17, 15) is 5.11 Å². The SMILES string of the molecule is CN(C)C(CNC(=NC#N)NCCc1ccccc1)Cc1ccc(O)cc1. The molecule has 0 saturated heterocycles. The van der Waals surface area contributed by atoms with Gasteiger partial charge in [-0.25, -0.2) is 0 Å². The summed E-state index contributed by atoms with van der Waals surface area (Å²) in [6.07, 6.45) is 3.53. The van der Waals surface area contributed by atoms with Gasteiger partial charge < -0.3 is 20.6 Å². The molecule has 0 aliphatic carbocycles. The van der Waals surface area contributed by atoms with Gasteiger partial charge in [0.05, 0.1) is 0 Å². The monoisotopic (exact) mass is 365 g/mol. The first-order valence-corrected chi connectivity index (χ1v) is 9.01. The van der Waals surface area contributed by atoms with Gasteiger partial charge in [-0.05, 0) is 50.2 Å². The Labute approximate surface area is 161 Å². The number of rotatable bonds is 8. The standard InChI is InChI=1S/C21H27N5O/c1-26(2)19(14-18-8-10-20(27)11-9-18)15-24-21(25-16-22)23-13-12-17-6-4-3-5-7-17/h3-11,19,27H,12-15H2,1-2H3,(H2,23,24,25). The van der Waals surface area contributed by atoms with Gasteiger partial charge in [0.2, 0.25) is 12.2 Å². The summed E-state index contributed by atoms with van der Waals surface area (Å²) in [5, 5.41) is 24.8. The van der Waals surface area contributed by atoms with Crippen molar-refractivity contribution in [3.05, 3.63) is 65.7 Å². The Morgan fingerprint density at radius 2 is 1.78 bits per heavy atom. The predicted molar refractivity (Wildman–Crippen MR) is 108 cm³/mol. The van der Waals surface area contributed by atoms with Crippen LogP contribution >= 0.6 is 0 Å². The average molecular weight is 365 g/mol. The van der Waals surface area contributed by atoms with E-state index in [1.807, 2.05) is 50.6 Å². The molecule has 0 aliphatic rings. The Hall–Kier alpha value is -3.04. The van der Waals surface area contributed by atoms with Gasteiger partial charge in [-0.2, -0.15) is 5.26 Å². The highest BCUT2D eigenvalue weighted by atomic mass is 16.3. The van der Waals surface area contributed by atoms with Gasteiger partial charge in [0.25, 0.3) is 0 Å². The van der Waals surface area contributed by atoms with Crippen molar-refractivity contribution < 1.29 is 5.11 Å². The lowest BCUT2D eigenvalue weighted by atomic mass is 10.1. The van der Waals surface area contributed by atoms with Crippen LogP contribution in [0, 0.1) is 11.5 Å². The van der Waals surface area contributed by atoms with E-state index in [1.165, 1.54) is 5.56 Å². The van der Waals surface area contributed by atoms with Gasteiger partial charge in [0.1, 0.15) is 5.75 Å². The molecule has 0 aromatic heterocycles. The second kappa shape index (κ2) is 10.8. The first-order chi connectivity index (χ1) is 13.1. The quantitative estimate of drug-likeness (QED) is 0.379. The molecule has 0 heterocycles. The van der Waals surface area contributed by atoms with E-state index in [0.29, 0.717) is 19.0 Å². The van der Waals surface area contributed by atoms with Crippen molar-refractivity contribution in [1.82, 2.24) is 15.5 Å². The maximum atomic E-state index is 9.42. The normalized spacial score (nSPS) is 12.4. The van der Waals surface area contributed by atoms with E-state index >= 15 is 0 Å². The van der Waals surface area contributed by atoms with Crippen LogP contribution in [0.25, 0.3) is 0 Å². The second-order valence-electron chi connectivity index (χ2n) is 6.59. The van der Waals surface area contributed by atoms with Gasteiger partial charge in [0.15, 0.2) is 0 Å². The van der Waals surface area contributed by atoms with Crippen LogP contribution in [0.3, 0.4) is 0 Å². The van der Waals surface area contributed by atoms with Crippen LogP contribution < -0.4 is 10.6 Å². The van der Waals surface area contributed by atoms with Crippen LogP contribution in [0.1, 0.15) is 11.1 Å². The fourth-order valence-corrected chi connectivity index (χ4v) is 2.72. The zero-order chi connectivity index (χ0) is 19.5.